The van der Waals surface area contributed by atoms with Gasteiger partial charge in [-0.15, -0.1) is 0 Å². The molecule has 9 heteroatoms. The Labute approximate surface area is 191 Å². The van der Waals surface area contributed by atoms with Crippen molar-refractivity contribution in [1.82, 2.24) is 15.6 Å². The van der Waals surface area contributed by atoms with Crippen molar-refractivity contribution in [2.45, 2.75) is 37.8 Å². The lowest BCUT2D eigenvalue weighted by Crippen LogP contribution is -2.44. The van der Waals surface area contributed by atoms with Gasteiger partial charge < -0.3 is 20.3 Å². The number of ether oxygens (including phenoxy) is 1. The summed E-state index contributed by atoms with van der Waals surface area (Å²) in [7, 11) is 0. The summed E-state index contributed by atoms with van der Waals surface area (Å²) in [4.78, 5) is 18.7. The van der Waals surface area contributed by atoms with Crippen molar-refractivity contribution in [3.8, 4) is 11.8 Å². The topological polar surface area (TPSA) is 90.3 Å². The minimum absolute atomic E-state index is 0.00260. The summed E-state index contributed by atoms with van der Waals surface area (Å²) >= 11 is 6.06. The van der Waals surface area contributed by atoms with Crippen LogP contribution in [0.25, 0.3) is 0 Å². The first-order chi connectivity index (χ1) is 15.5. The second-order valence-electron chi connectivity index (χ2n) is 8.08. The summed E-state index contributed by atoms with van der Waals surface area (Å²) in [6.07, 6.45) is 4.53. The molecule has 32 heavy (non-hydrogen) atoms. The Hall–Kier alpha value is -2.89. The molecule has 2 N–H and O–H groups in total. The lowest BCUT2D eigenvalue weighted by Gasteiger charge is -2.30. The molecule has 1 aromatic heterocycles. The molecule has 1 amide bonds. The number of nitrogens with one attached hydrogen (secondary N) is 2. The van der Waals surface area contributed by atoms with E-state index in [1.165, 1.54) is 12.3 Å². The van der Waals surface area contributed by atoms with E-state index in [1.807, 2.05) is 11.0 Å². The van der Waals surface area contributed by atoms with Crippen molar-refractivity contribution in [3.05, 3.63) is 52.4 Å². The summed E-state index contributed by atoms with van der Waals surface area (Å²) in [5.74, 6) is 0.139. The number of pyridine rings is 1. The Kier molecular flexibility index (Phi) is 7.08. The lowest BCUT2D eigenvalue weighted by molar-refractivity contribution is 0.0893. The summed E-state index contributed by atoms with van der Waals surface area (Å²) in [6, 6.07) is 8.33. The Morgan fingerprint density at radius 3 is 2.66 bits per heavy atom. The van der Waals surface area contributed by atoms with E-state index in [2.05, 4.69) is 15.6 Å². The predicted molar refractivity (Wildman–Crippen MR) is 120 cm³/mol. The van der Waals surface area contributed by atoms with Gasteiger partial charge in [-0.1, -0.05) is 11.6 Å². The Bertz CT molecular complexity index is 1010. The molecule has 2 aliphatic rings. The number of anilines is 1. The Morgan fingerprint density at radius 1 is 1.25 bits per heavy atom. The van der Waals surface area contributed by atoms with Gasteiger partial charge in [0.2, 0.25) is 0 Å². The van der Waals surface area contributed by atoms with E-state index < -0.39 is 5.82 Å². The number of nitrogens with zero attached hydrogens (tertiary/aromatic N) is 3. The summed E-state index contributed by atoms with van der Waals surface area (Å²) in [5, 5.41) is 15.5. The van der Waals surface area contributed by atoms with E-state index in [0.29, 0.717) is 35.2 Å². The number of amides is 1. The molecule has 0 spiro atoms. The second kappa shape index (κ2) is 10.2. The molecule has 2 aromatic rings. The van der Waals surface area contributed by atoms with Crippen LogP contribution in [0.4, 0.5) is 10.2 Å². The molecular formula is C23H25ClFN5O2. The minimum Gasteiger partial charge on any atom is -0.490 e. The highest BCUT2D eigenvalue weighted by molar-refractivity contribution is 6.31. The average Bonchev–Trinajstić information content (AvgIpc) is 2.81. The maximum Gasteiger partial charge on any atom is 0.253 e. The molecule has 2 heterocycles. The van der Waals surface area contributed by atoms with Crippen LogP contribution in [0.2, 0.25) is 5.02 Å². The zero-order valence-electron chi connectivity index (χ0n) is 17.6. The van der Waals surface area contributed by atoms with Gasteiger partial charge in [0, 0.05) is 44.5 Å². The summed E-state index contributed by atoms with van der Waals surface area (Å²) in [6.45, 7) is 2.95. The van der Waals surface area contributed by atoms with Crippen LogP contribution >= 0.6 is 11.6 Å². The third kappa shape index (κ3) is 5.29. The number of piperazine rings is 1. The SMILES string of the molecule is N#Cc1ccc(O[C@H]2CC[C@H](NC(=O)c3cnc(N4CCNCC4)c(F)c3)CC2)cc1Cl. The van der Waals surface area contributed by atoms with Crippen molar-refractivity contribution in [3.63, 3.8) is 0 Å². The highest BCUT2D eigenvalue weighted by Gasteiger charge is 2.25. The summed E-state index contributed by atoms with van der Waals surface area (Å²) < 4.78 is 20.5. The van der Waals surface area contributed by atoms with Crippen molar-refractivity contribution in [2.24, 2.45) is 0 Å². The number of nitriles is 1. The van der Waals surface area contributed by atoms with E-state index in [1.54, 1.807) is 18.2 Å². The first kappa shape index (κ1) is 22.3. The minimum atomic E-state index is -0.474. The fourth-order valence-corrected chi connectivity index (χ4v) is 4.32. The molecule has 1 aliphatic heterocycles. The number of benzene rings is 1. The first-order valence-corrected chi connectivity index (χ1v) is 11.2. The number of hydrogen-bond donors (Lipinski definition) is 2. The average molecular weight is 458 g/mol. The molecule has 0 atom stereocenters. The van der Waals surface area contributed by atoms with Crippen molar-refractivity contribution in [1.29, 1.82) is 5.26 Å². The number of aromatic nitrogens is 1. The van der Waals surface area contributed by atoms with E-state index in [-0.39, 0.29) is 23.6 Å². The van der Waals surface area contributed by atoms with Gasteiger partial charge in [-0.25, -0.2) is 9.37 Å². The number of rotatable bonds is 5. The van der Waals surface area contributed by atoms with Crippen LogP contribution < -0.4 is 20.3 Å². The lowest BCUT2D eigenvalue weighted by atomic mass is 9.92. The molecule has 2 fully saturated rings. The van der Waals surface area contributed by atoms with Gasteiger partial charge >= 0.3 is 0 Å². The van der Waals surface area contributed by atoms with Crippen molar-refractivity contribution >= 4 is 23.3 Å². The molecule has 0 bridgehead atoms. The van der Waals surface area contributed by atoms with Gasteiger partial charge in [-0.3, -0.25) is 4.79 Å². The van der Waals surface area contributed by atoms with Gasteiger partial charge in [0.05, 0.1) is 22.3 Å². The van der Waals surface area contributed by atoms with E-state index in [9.17, 15) is 9.18 Å². The quantitative estimate of drug-likeness (QED) is 0.716. The maximum atomic E-state index is 14.6. The zero-order chi connectivity index (χ0) is 22.5. The molecule has 1 aromatic carbocycles. The Balaban J connectivity index is 1.28. The highest BCUT2D eigenvalue weighted by atomic mass is 35.5. The Morgan fingerprint density at radius 2 is 2.00 bits per heavy atom. The van der Waals surface area contributed by atoms with Gasteiger partial charge in [-0.05, 0) is 43.9 Å². The number of carbonyl (C=O) groups is 1. The largest absolute Gasteiger partial charge is 0.490 e. The van der Waals surface area contributed by atoms with Crippen LogP contribution in [-0.4, -0.2) is 49.2 Å². The van der Waals surface area contributed by atoms with Crippen LogP contribution in [0.3, 0.4) is 0 Å². The van der Waals surface area contributed by atoms with Gasteiger partial charge in [0.1, 0.15) is 11.8 Å². The maximum absolute atomic E-state index is 14.6. The standard InChI is InChI=1S/C23H25ClFN5O2/c24-20-12-19(4-1-15(20)13-26)32-18-5-2-17(3-6-18)29-23(31)16-11-21(25)22(28-14-16)30-9-7-27-8-10-30/h1,4,11-12,14,17-18,27H,2-3,5-10H2,(H,29,31)/t17-,18-. The van der Waals surface area contributed by atoms with Gasteiger partial charge in [-0.2, -0.15) is 5.26 Å². The number of carbonyl (C=O) groups excluding carboxylic acids is 1. The van der Waals surface area contributed by atoms with Gasteiger partial charge in [0.25, 0.3) is 5.91 Å². The molecule has 0 unspecified atom stereocenters. The normalized spacial score (nSPS) is 21.0. The van der Waals surface area contributed by atoms with E-state index >= 15 is 0 Å². The monoisotopic (exact) mass is 457 g/mol. The van der Waals surface area contributed by atoms with Crippen LogP contribution in [0.1, 0.15) is 41.6 Å². The first-order valence-electron chi connectivity index (χ1n) is 10.8. The number of halogens is 2. The molecular weight excluding hydrogens is 433 g/mol. The van der Waals surface area contributed by atoms with E-state index in [4.69, 9.17) is 21.6 Å². The van der Waals surface area contributed by atoms with Crippen LogP contribution in [-0.2, 0) is 0 Å². The number of hydrogen-bond acceptors (Lipinski definition) is 6. The van der Waals surface area contributed by atoms with Crippen molar-refractivity contribution < 1.29 is 13.9 Å². The van der Waals surface area contributed by atoms with E-state index in [0.717, 1.165) is 38.8 Å². The van der Waals surface area contributed by atoms with Gasteiger partial charge in [0.15, 0.2) is 11.6 Å². The second-order valence-corrected chi connectivity index (χ2v) is 8.49. The van der Waals surface area contributed by atoms with Crippen LogP contribution in [0.15, 0.2) is 30.5 Å². The van der Waals surface area contributed by atoms with Crippen molar-refractivity contribution in [2.75, 3.05) is 31.1 Å². The molecule has 1 aliphatic carbocycles. The highest BCUT2D eigenvalue weighted by Crippen LogP contribution is 2.27. The van der Waals surface area contributed by atoms with Crippen LogP contribution in [0, 0.1) is 17.1 Å². The fraction of sp³-hybridized carbons (Fsp3) is 0.435. The smallest absolute Gasteiger partial charge is 0.253 e. The predicted octanol–water partition coefficient (Wildman–Crippen LogP) is 3.28. The molecule has 7 nitrogen and oxygen atoms in total. The third-order valence-corrected chi connectivity index (χ3v) is 6.19. The summed E-state index contributed by atoms with van der Waals surface area (Å²) in [5.41, 5.74) is 0.643. The molecule has 0 radical (unpaired) electrons. The molecule has 168 valence electrons. The zero-order valence-corrected chi connectivity index (χ0v) is 18.4. The third-order valence-electron chi connectivity index (χ3n) is 5.87. The molecule has 1 saturated heterocycles. The molecule has 1 saturated carbocycles. The van der Waals surface area contributed by atoms with Crippen LogP contribution in [0.5, 0.6) is 5.75 Å². The molecule has 4 rings (SSSR count). The fourth-order valence-electron chi connectivity index (χ4n) is 4.11.